The van der Waals surface area contributed by atoms with Crippen molar-refractivity contribution >= 4 is 17.4 Å². The van der Waals surface area contributed by atoms with Gasteiger partial charge in [0.15, 0.2) is 0 Å². The number of benzene rings is 1. The number of Topliss-reactive ketones (excluding diaryl/α,β-unsaturated/α-hetero) is 1. The molecule has 0 atom stereocenters. The van der Waals surface area contributed by atoms with Crippen molar-refractivity contribution in [2.24, 2.45) is 5.41 Å². The number of hydrogen-bond acceptors (Lipinski definition) is 2. The number of unbranched alkanes of at least 4 members (excludes halogenated alkanes) is 1. The van der Waals surface area contributed by atoms with Gasteiger partial charge in [-0.1, -0.05) is 46.2 Å². The molecule has 19 heavy (non-hydrogen) atoms. The molecule has 0 unspecified atom stereocenters. The van der Waals surface area contributed by atoms with Crippen LogP contribution in [0.1, 0.15) is 46.1 Å². The molecule has 1 rings (SSSR count). The molecule has 0 saturated heterocycles. The Bertz CT molecular complexity index is 441. The zero-order valence-corrected chi connectivity index (χ0v) is 12.2. The van der Waals surface area contributed by atoms with Crippen molar-refractivity contribution < 1.29 is 9.59 Å². The largest absolute Gasteiger partial charge is 0.319 e. The molecule has 0 heterocycles. The molecule has 0 saturated carbocycles. The van der Waals surface area contributed by atoms with Crippen LogP contribution >= 0.6 is 0 Å². The van der Waals surface area contributed by atoms with Gasteiger partial charge in [-0.15, -0.1) is 0 Å². The third kappa shape index (κ3) is 4.86. The van der Waals surface area contributed by atoms with Gasteiger partial charge in [0.1, 0.15) is 0 Å². The molecule has 0 fully saturated rings. The molecule has 104 valence electrons. The number of anilines is 1. The van der Waals surface area contributed by atoms with Gasteiger partial charge in [-0.3, -0.25) is 9.59 Å². The Morgan fingerprint density at radius 1 is 1.11 bits per heavy atom. The molecule has 0 radical (unpaired) electrons. The van der Waals surface area contributed by atoms with Crippen molar-refractivity contribution in [2.75, 3.05) is 5.32 Å². The van der Waals surface area contributed by atoms with Crippen molar-refractivity contribution in [1.82, 2.24) is 0 Å². The first-order valence-electron chi connectivity index (χ1n) is 6.79. The summed E-state index contributed by atoms with van der Waals surface area (Å²) in [5.41, 5.74) is 1.27. The Morgan fingerprint density at radius 3 is 2.16 bits per heavy atom. The second-order valence-corrected chi connectivity index (χ2v) is 5.83. The molecule has 1 amide bonds. The van der Waals surface area contributed by atoms with E-state index in [1.807, 2.05) is 24.3 Å². The van der Waals surface area contributed by atoms with Gasteiger partial charge in [0.2, 0.25) is 5.78 Å². The van der Waals surface area contributed by atoms with Crippen LogP contribution in [0.3, 0.4) is 0 Å². The molecule has 0 bridgehead atoms. The Hall–Kier alpha value is -1.64. The molecule has 0 spiro atoms. The van der Waals surface area contributed by atoms with Crippen LogP contribution < -0.4 is 5.32 Å². The van der Waals surface area contributed by atoms with Crippen molar-refractivity contribution in [3.63, 3.8) is 0 Å². The summed E-state index contributed by atoms with van der Waals surface area (Å²) in [4.78, 5) is 23.5. The molecular weight excluding hydrogens is 238 g/mol. The minimum Gasteiger partial charge on any atom is -0.319 e. The number of nitrogens with one attached hydrogen (secondary N) is 1. The number of amides is 1. The molecule has 0 aliphatic carbocycles. The van der Waals surface area contributed by atoms with Gasteiger partial charge < -0.3 is 5.32 Å². The Labute approximate surface area is 115 Å². The van der Waals surface area contributed by atoms with Crippen LogP contribution in [0.2, 0.25) is 0 Å². The van der Waals surface area contributed by atoms with Crippen LogP contribution in [0, 0.1) is 5.41 Å². The van der Waals surface area contributed by atoms with Crippen molar-refractivity contribution in [2.45, 2.75) is 47.0 Å². The van der Waals surface area contributed by atoms with Gasteiger partial charge in [0.05, 0.1) is 0 Å². The predicted octanol–water partition coefficient (Wildman–Crippen LogP) is 3.58. The van der Waals surface area contributed by atoms with Crippen molar-refractivity contribution in [3.05, 3.63) is 29.8 Å². The molecular formula is C16H23NO2. The SMILES string of the molecule is CCCCc1ccc(NC(=O)C(=O)C(C)(C)C)cc1. The fourth-order valence-corrected chi connectivity index (χ4v) is 1.66. The lowest BCUT2D eigenvalue weighted by Crippen LogP contribution is -2.33. The van der Waals surface area contributed by atoms with E-state index in [0.29, 0.717) is 5.69 Å². The highest BCUT2D eigenvalue weighted by atomic mass is 16.2. The summed E-state index contributed by atoms with van der Waals surface area (Å²) in [5.74, 6) is -0.948. The molecule has 0 aromatic heterocycles. The molecule has 3 nitrogen and oxygen atoms in total. The maximum atomic E-state index is 11.8. The smallest absolute Gasteiger partial charge is 0.292 e. The predicted molar refractivity (Wildman–Crippen MR) is 78.1 cm³/mol. The zero-order valence-electron chi connectivity index (χ0n) is 12.2. The monoisotopic (exact) mass is 261 g/mol. The van der Waals surface area contributed by atoms with E-state index in [2.05, 4.69) is 12.2 Å². The minimum atomic E-state index is -0.648. The van der Waals surface area contributed by atoms with Crippen LogP contribution in [0.4, 0.5) is 5.69 Å². The highest BCUT2D eigenvalue weighted by Gasteiger charge is 2.28. The summed E-state index contributed by atoms with van der Waals surface area (Å²) in [6, 6.07) is 7.68. The van der Waals surface area contributed by atoms with E-state index < -0.39 is 17.1 Å². The number of carbonyl (C=O) groups is 2. The minimum absolute atomic E-state index is 0.400. The normalized spacial score (nSPS) is 11.2. The topological polar surface area (TPSA) is 46.2 Å². The van der Waals surface area contributed by atoms with E-state index >= 15 is 0 Å². The van der Waals surface area contributed by atoms with Gasteiger partial charge >= 0.3 is 0 Å². The van der Waals surface area contributed by atoms with Crippen LogP contribution in [0.15, 0.2) is 24.3 Å². The fraction of sp³-hybridized carbons (Fsp3) is 0.500. The molecule has 1 aromatic rings. The Kier molecular flexibility index (Phi) is 5.28. The number of hydrogen-bond donors (Lipinski definition) is 1. The van der Waals surface area contributed by atoms with Gasteiger partial charge in [-0.25, -0.2) is 0 Å². The first kappa shape index (κ1) is 15.4. The van der Waals surface area contributed by atoms with E-state index in [4.69, 9.17) is 0 Å². The second kappa shape index (κ2) is 6.50. The summed E-state index contributed by atoms with van der Waals surface area (Å²) in [6.45, 7) is 7.38. The van der Waals surface area contributed by atoms with Crippen LogP contribution in [-0.4, -0.2) is 11.7 Å². The lowest BCUT2D eigenvalue weighted by molar-refractivity contribution is -0.139. The van der Waals surface area contributed by atoms with Gasteiger partial charge in [-0.2, -0.15) is 0 Å². The first-order chi connectivity index (χ1) is 8.84. The maximum Gasteiger partial charge on any atom is 0.292 e. The molecule has 1 aromatic carbocycles. The molecule has 0 aliphatic heterocycles. The van der Waals surface area contributed by atoms with Crippen LogP contribution in [0.5, 0.6) is 0 Å². The summed E-state index contributed by atoms with van der Waals surface area (Å²) in [7, 11) is 0. The summed E-state index contributed by atoms with van der Waals surface area (Å²) in [5, 5.41) is 2.64. The zero-order chi connectivity index (χ0) is 14.5. The quantitative estimate of drug-likeness (QED) is 0.823. The van der Waals surface area contributed by atoms with Crippen molar-refractivity contribution in [3.8, 4) is 0 Å². The van der Waals surface area contributed by atoms with Gasteiger partial charge in [-0.05, 0) is 30.5 Å². The molecule has 1 N–H and O–H groups in total. The highest BCUT2D eigenvalue weighted by Crippen LogP contribution is 2.17. The van der Waals surface area contributed by atoms with Gasteiger partial charge in [0, 0.05) is 11.1 Å². The van der Waals surface area contributed by atoms with Crippen molar-refractivity contribution in [1.29, 1.82) is 0 Å². The van der Waals surface area contributed by atoms with Gasteiger partial charge in [0.25, 0.3) is 5.91 Å². The number of aryl methyl sites for hydroxylation is 1. The van der Waals surface area contributed by atoms with E-state index in [1.165, 1.54) is 12.0 Å². The number of ketones is 1. The average Bonchev–Trinajstić information content (AvgIpc) is 2.36. The maximum absolute atomic E-state index is 11.8. The van der Waals surface area contributed by atoms with E-state index in [0.717, 1.165) is 12.8 Å². The summed E-state index contributed by atoms with van der Waals surface area (Å²) < 4.78 is 0. The fourth-order valence-electron chi connectivity index (χ4n) is 1.66. The molecule has 0 aliphatic rings. The first-order valence-corrected chi connectivity index (χ1v) is 6.79. The standard InChI is InChI=1S/C16H23NO2/c1-5-6-7-12-8-10-13(11-9-12)17-15(19)14(18)16(2,3)4/h8-11H,5-7H2,1-4H3,(H,17,19). The van der Waals surface area contributed by atoms with E-state index in [-0.39, 0.29) is 0 Å². The number of carbonyl (C=O) groups excluding carboxylic acids is 2. The highest BCUT2D eigenvalue weighted by molar-refractivity contribution is 6.42. The summed E-state index contributed by atoms with van der Waals surface area (Å²) >= 11 is 0. The number of rotatable bonds is 5. The molecule has 3 heteroatoms. The summed E-state index contributed by atoms with van der Waals surface area (Å²) in [6.07, 6.45) is 3.37. The lowest BCUT2D eigenvalue weighted by Gasteiger charge is -2.15. The third-order valence-corrected chi connectivity index (χ3v) is 2.92. The van der Waals surface area contributed by atoms with Crippen LogP contribution in [0.25, 0.3) is 0 Å². The van der Waals surface area contributed by atoms with Crippen LogP contribution in [-0.2, 0) is 16.0 Å². The van der Waals surface area contributed by atoms with E-state index in [1.54, 1.807) is 20.8 Å². The third-order valence-electron chi connectivity index (χ3n) is 2.92. The van der Waals surface area contributed by atoms with E-state index in [9.17, 15) is 9.59 Å². The Morgan fingerprint density at radius 2 is 1.68 bits per heavy atom. The second-order valence-electron chi connectivity index (χ2n) is 5.83. The Balaban J connectivity index is 2.63. The average molecular weight is 261 g/mol. The lowest BCUT2D eigenvalue weighted by atomic mass is 9.90.